The molecule has 1 aliphatic rings. The van der Waals surface area contributed by atoms with Crippen molar-refractivity contribution < 1.29 is 4.92 Å². The number of nitrogens with zero attached hydrogens (tertiary/aromatic N) is 2. The van der Waals surface area contributed by atoms with Gasteiger partial charge in [0.05, 0.1) is 4.92 Å². The number of non-ortho nitro benzene ring substituents is 1. The SMILES string of the molecule is O=[N+]([O-])c1ccc(CN2CCc3cc(Cl)ccc3C2)cc1. The summed E-state index contributed by atoms with van der Waals surface area (Å²) < 4.78 is 0. The van der Waals surface area contributed by atoms with E-state index in [1.807, 2.05) is 24.3 Å². The first-order valence-corrected chi connectivity index (χ1v) is 7.22. The van der Waals surface area contributed by atoms with Crippen molar-refractivity contribution in [3.8, 4) is 0 Å². The predicted molar refractivity (Wildman–Crippen MR) is 82.4 cm³/mol. The average molecular weight is 303 g/mol. The van der Waals surface area contributed by atoms with Crippen molar-refractivity contribution >= 4 is 17.3 Å². The van der Waals surface area contributed by atoms with Crippen LogP contribution in [-0.4, -0.2) is 16.4 Å². The van der Waals surface area contributed by atoms with Gasteiger partial charge in [-0.05, 0) is 35.2 Å². The highest BCUT2D eigenvalue weighted by Crippen LogP contribution is 2.24. The summed E-state index contributed by atoms with van der Waals surface area (Å²) in [4.78, 5) is 12.6. The number of halogens is 1. The Kier molecular flexibility index (Phi) is 3.90. The highest BCUT2D eigenvalue weighted by Gasteiger charge is 2.16. The molecule has 5 heteroatoms. The van der Waals surface area contributed by atoms with Gasteiger partial charge in [-0.1, -0.05) is 29.8 Å². The van der Waals surface area contributed by atoms with Gasteiger partial charge in [0.2, 0.25) is 0 Å². The van der Waals surface area contributed by atoms with Crippen LogP contribution in [0.15, 0.2) is 42.5 Å². The van der Waals surface area contributed by atoms with Gasteiger partial charge in [0.15, 0.2) is 0 Å². The molecule has 0 aromatic heterocycles. The lowest BCUT2D eigenvalue weighted by atomic mass is 9.99. The Hall–Kier alpha value is -1.91. The number of hydrogen-bond acceptors (Lipinski definition) is 3. The van der Waals surface area contributed by atoms with Crippen LogP contribution in [0.4, 0.5) is 5.69 Å². The molecule has 2 aromatic rings. The van der Waals surface area contributed by atoms with Gasteiger partial charge in [0, 0.05) is 36.8 Å². The molecule has 2 aromatic carbocycles. The molecule has 0 bridgehead atoms. The molecular formula is C16H15ClN2O2. The molecule has 0 aliphatic carbocycles. The maximum atomic E-state index is 10.7. The molecule has 0 unspecified atom stereocenters. The van der Waals surface area contributed by atoms with Crippen LogP contribution in [0, 0.1) is 10.1 Å². The Morgan fingerprint density at radius 2 is 1.90 bits per heavy atom. The van der Waals surface area contributed by atoms with Crippen molar-refractivity contribution in [1.29, 1.82) is 0 Å². The van der Waals surface area contributed by atoms with Crippen molar-refractivity contribution in [3.63, 3.8) is 0 Å². The van der Waals surface area contributed by atoms with E-state index in [4.69, 9.17) is 11.6 Å². The zero-order valence-corrected chi connectivity index (χ0v) is 12.2. The Morgan fingerprint density at radius 3 is 2.62 bits per heavy atom. The second kappa shape index (κ2) is 5.84. The highest BCUT2D eigenvalue weighted by atomic mass is 35.5. The second-order valence-corrected chi connectivity index (χ2v) is 5.73. The molecule has 0 N–H and O–H groups in total. The van der Waals surface area contributed by atoms with Crippen LogP contribution < -0.4 is 0 Å². The van der Waals surface area contributed by atoms with Crippen LogP contribution >= 0.6 is 11.6 Å². The minimum Gasteiger partial charge on any atom is -0.294 e. The fourth-order valence-electron chi connectivity index (χ4n) is 2.70. The molecule has 0 atom stereocenters. The third-order valence-corrected chi connectivity index (χ3v) is 4.05. The highest BCUT2D eigenvalue weighted by molar-refractivity contribution is 6.30. The fourth-order valence-corrected chi connectivity index (χ4v) is 2.89. The minimum atomic E-state index is -0.370. The summed E-state index contributed by atoms with van der Waals surface area (Å²) in [6.07, 6.45) is 0.989. The van der Waals surface area contributed by atoms with E-state index in [2.05, 4.69) is 11.0 Å². The summed E-state index contributed by atoms with van der Waals surface area (Å²) in [5, 5.41) is 11.4. The van der Waals surface area contributed by atoms with Gasteiger partial charge in [0.25, 0.3) is 5.69 Å². The zero-order valence-electron chi connectivity index (χ0n) is 11.5. The maximum Gasteiger partial charge on any atom is 0.269 e. The molecule has 0 fully saturated rings. The number of fused-ring (bicyclic) bond motifs is 1. The molecule has 21 heavy (non-hydrogen) atoms. The summed E-state index contributed by atoms with van der Waals surface area (Å²) in [5.41, 5.74) is 3.87. The molecule has 4 nitrogen and oxygen atoms in total. The predicted octanol–water partition coefficient (Wildman–Crippen LogP) is 3.81. The Labute approximate surface area is 128 Å². The van der Waals surface area contributed by atoms with Crippen LogP contribution in [0.25, 0.3) is 0 Å². The minimum absolute atomic E-state index is 0.136. The lowest BCUT2D eigenvalue weighted by molar-refractivity contribution is -0.384. The second-order valence-electron chi connectivity index (χ2n) is 5.30. The molecule has 1 heterocycles. The third kappa shape index (κ3) is 3.23. The monoisotopic (exact) mass is 302 g/mol. The van der Waals surface area contributed by atoms with Gasteiger partial charge < -0.3 is 0 Å². The average Bonchev–Trinajstić information content (AvgIpc) is 2.48. The molecule has 1 aliphatic heterocycles. The molecular weight excluding hydrogens is 288 g/mol. The summed E-state index contributed by atoms with van der Waals surface area (Å²) in [5.74, 6) is 0. The topological polar surface area (TPSA) is 46.4 Å². The van der Waals surface area contributed by atoms with E-state index in [0.717, 1.165) is 36.6 Å². The van der Waals surface area contributed by atoms with Gasteiger partial charge in [-0.15, -0.1) is 0 Å². The van der Waals surface area contributed by atoms with E-state index in [1.54, 1.807) is 12.1 Å². The van der Waals surface area contributed by atoms with Crippen molar-refractivity contribution in [2.45, 2.75) is 19.5 Å². The third-order valence-electron chi connectivity index (χ3n) is 3.81. The van der Waals surface area contributed by atoms with Gasteiger partial charge in [-0.25, -0.2) is 0 Å². The smallest absolute Gasteiger partial charge is 0.269 e. The summed E-state index contributed by atoms with van der Waals surface area (Å²) in [7, 11) is 0. The summed E-state index contributed by atoms with van der Waals surface area (Å²) in [6.45, 7) is 2.67. The molecule has 0 radical (unpaired) electrons. The van der Waals surface area contributed by atoms with E-state index in [0.29, 0.717) is 0 Å². The summed E-state index contributed by atoms with van der Waals surface area (Å²) in [6, 6.07) is 12.8. The fraction of sp³-hybridized carbons (Fsp3) is 0.250. The van der Waals surface area contributed by atoms with E-state index in [-0.39, 0.29) is 10.6 Å². The van der Waals surface area contributed by atoms with Crippen LogP contribution in [0.5, 0.6) is 0 Å². The molecule has 0 amide bonds. The Bertz CT molecular complexity index is 670. The first kappa shape index (κ1) is 14.0. The van der Waals surface area contributed by atoms with Gasteiger partial charge in [0.1, 0.15) is 0 Å². The van der Waals surface area contributed by atoms with E-state index in [1.165, 1.54) is 11.1 Å². The standard InChI is InChI=1S/C16H15ClN2O2/c17-15-4-3-14-11-18(8-7-13(14)9-15)10-12-1-5-16(6-2-12)19(20)21/h1-6,9H,7-8,10-11H2. The van der Waals surface area contributed by atoms with Crippen LogP contribution in [-0.2, 0) is 19.5 Å². The van der Waals surface area contributed by atoms with Gasteiger partial charge >= 0.3 is 0 Å². The van der Waals surface area contributed by atoms with Gasteiger partial charge in [-0.2, -0.15) is 0 Å². The lowest BCUT2D eigenvalue weighted by Crippen LogP contribution is -2.29. The quantitative estimate of drug-likeness (QED) is 0.640. The van der Waals surface area contributed by atoms with E-state index < -0.39 is 0 Å². The zero-order chi connectivity index (χ0) is 14.8. The van der Waals surface area contributed by atoms with E-state index >= 15 is 0 Å². The number of nitro groups is 1. The first-order chi connectivity index (χ1) is 10.1. The van der Waals surface area contributed by atoms with Crippen LogP contribution in [0.2, 0.25) is 5.02 Å². The maximum absolute atomic E-state index is 10.7. The molecule has 108 valence electrons. The number of nitro benzene ring substituents is 1. The van der Waals surface area contributed by atoms with Gasteiger partial charge in [-0.3, -0.25) is 15.0 Å². The van der Waals surface area contributed by atoms with Crippen molar-refractivity contribution in [2.24, 2.45) is 0 Å². The molecule has 0 spiro atoms. The summed E-state index contributed by atoms with van der Waals surface area (Å²) >= 11 is 6.01. The van der Waals surface area contributed by atoms with Crippen LogP contribution in [0.1, 0.15) is 16.7 Å². The Balaban J connectivity index is 1.69. The molecule has 0 saturated carbocycles. The molecule has 3 rings (SSSR count). The van der Waals surface area contributed by atoms with Crippen molar-refractivity contribution in [2.75, 3.05) is 6.54 Å². The van der Waals surface area contributed by atoms with Crippen molar-refractivity contribution in [1.82, 2.24) is 4.90 Å². The number of rotatable bonds is 3. The van der Waals surface area contributed by atoms with Crippen molar-refractivity contribution in [3.05, 3.63) is 74.3 Å². The number of benzene rings is 2. The largest absolute Gasteiger partial charge is 0.294 e. The Morgan fingerprint density at radius 1 is 1.14 bits per heavy atom. The number of hydrogen-bond donors (Lipinski definition) is 0. The first-order valence-electron chi connectivity index (χ1n) is 6.85. The lowest BCUT2D eigenvalue weighted by Gasteiger charge is -2.28. The van der Waals surface area contributed by atoms with E-state index in [9.17, 15) is 10.1 Å². The normalized spacial score (nSPS) is 14.7. The van der Waals surface area contributed by atoms with Crippen LogP contribution in [0.3, 0.4) is 0 Å². The molecule has 0 saturated heterocycles.